The van der Waals surface area contributed by atoms with Crippen LogP contribution in [0.1, 0.15) is 26.2 Å². The molecule has 3 nitrogen and oxygen atoms in total. The highest BCUT2D eigenvalue weighted by Gasteiger charge is 2.18. The van der Waals surface area contributed by atoms with Gasteiger partial charge in [-0.3, -0.25) is 0 Å². The number of hydrogen-bond donors (Lipinski definition) is 1. The SMILES string of the molecule is CC=N/C(Cl)=C1/CCC/C1=N\O. The molecule has 0 heterocycles. The largest absolute Gasteiger partial charge is 0.411 e. The zero-order valence-corrected chi connectivity index (χ0v) is 7.67. The monoisotopic (exact) mass is 186 g/mol. The highest BCUT2D eigenvalue weighted by molar-refractivity contribution is 6.32. The van der Waals surface area contributed by atoms with Crippen LogP contribution in [0.3, 0.4) is 0 Å². The number of halogens is 1. The van der Waals surface area contributed by atoms with Crippen molar-refractivity contribution in [1.82, 2.24) is 0 Å². The fourth-order valence-electron chi connectivity index (χ4n) is 1.25. The van der Waals surface area contributed by atoms with Crippen molar-refractivity contribution >= 4 is 23.5 Å². The van der Waals surface area contributed by atoms with E-state index in [1.54, 1.807) is 13.1 Å². The number of oxime groups is 1. The Morgan fingerprint density at radius 2 is 2.33 bits per heavy atom. The molecule has 1 N–H and O–H groups in total. The van der Waals surface area contributed by atoms with Crippen molar-refractivity contribution in [2.24, 2.45) is 10.1 Å². The van der Waals surface area contributed by atoms with Gasteiger partial charge in [0.2, 0.25) is 0 Å². The van der Waals surface area contributed by atoms with E-state index in [1.807, 2.05) is 0 Å². The minimum absolute atomic E-state index is 0.447. The molecular formula is C8H11ClN2O. The lowest BCUT2D eigenvalue weighted by Gasteiger charge is -1.97. The third kappa shape index (κ3) is 1.85. The first-order valence-corrected chi connectivity index (χ1v) is 4.26. The summed E-state index contributed by atoms with van der Waals surface area (Å²) in [6.45, 7) is 1.80. The van der Waals surface area contributed by atoms with E-state index >= 15 is 0 Å². The molecule has 12 heavy (non-hydrogen) atoms. The third-order valence-corrected chi connectivity index (χ3v) is 2.13. The molecule has 0 spiro atoms. The van der Waals surface area contributed by atoms with Gasteiger partial charge >= 0.3 is 0 Å². The fraction of sp³-hybridized carbons (Fsp3) is 0.500. The maximum atomic E-state index is 8.60. The van der Waals surface area contributed by atoms with Crippen LogP contribution in [-0.4, -0.2) is 17.1 Å². The third-order valence-electron chi connectivity index (χ3n) is 1.80. The number of aliphatic imine (C=N–C) groups is 1. The van der Waals surface area contributed by atoms with Crippen molar-refractivity contribution in [3.63, 3.8) is 0 Å². The zero-order chi connectivity index (χ0) is 8.97. The Labute approximate surface area is 76.4 Å². The second kappa shape index (κ2) is 4.26. The van der Waals surface area contributed by atoms with Gasteiger partial charge in [-0.05, 0) is 26.2 Å². The maximum absolute atomic E-state index is 8.60. The van der Waals surface area contributed by atoms with Crippen molar-refractivity contribution < 1.29 is 5.21 Å². The number of allylic oxidation sites excluding steroid dienone is 1. The van der Waals surface area contributed by atoms with Gasteiger partial charge in [0.05, 0.1) is 5.71 Å². The van der Waals surface area contributed by atoms with E-state index in [9.17, 15) is 0 Å². The van der Waals surface area contributed by atoms with Crippen molar-refractivity contribution in [2.45, 2.75) is 26.2 Å². The highest BCUT2D eigenvalue weighted by atomic mass is 35.5. The molecule has 0 amide bonds. The zero-order valence-electron chi connectivity index (χ0n) is 6.92. The predicted octanol–water partition coefficient (Wildman–Crippen LogP) is 2.54. The standard InChI is InChI=1S/C8H11ClN2O/c1-2-10-8(9)6-4-3-5-7(6)11-12/h2,12H,3-5H2,1H3/b8-6-,10-2?,11-7+. The van der Waals surface area contributed by atoms with Crippen LogP contribution < -0.4 is 0 Å². The molecule has 1 aliphatic carbocycles. The quantitative estimate of drug-likeness (QED) is 0.291. The summed E-state index contributed by atoms with van der Waals surface area (Å²) in [5.41, 5.74) is 1.54. The predicted molar refractivity (Wildman–Crippen MR) is 50.1 cm³/mol. The van der Waals surface area contributed by atoms with Crippen molar-refractivity contribution in [2.75, 3.05) is 0 Å². The van der Waals surface area contributed by atoms with Gasteiger partial charge in [0.25, 0.3) is 0 Å². The van der Waals surface area contributed by atoms with Gasteiger partial charge in [-0.25, -0.2) is 4.99 Å². The summed E-state index contributed by atoms with van der Waals surface area (Å²) in [7, 11) is 0. The summed E-state index contributed by atoms with van der Waals surface area (Å²) in [4.78, 5) is 3.93. The molecule has 0 aromatic rings. The van der Waals surface area contributed by atoms with E-state index in [2.05, 4.69) is 10.1 Å². The smallest absolute Gasteiger partial charge is 0.133 e. The lowest BCUT2D eigenvalue weighted by molar-refractivity contribution is 0.318. The summed E-state index contributed by atoms with van der Waals surface area (Å²) >= 11 is 5.85. The van der Waals surface area contributed by atoms with E-state index in [0.717, 1.165) is 24.8 Å². The topological polar surface area (TPSA) is 45.0 Å². The van der Waals surface area contributed by atoms with Gasteiger partial charge < -0.3 is 5.21 Å². The average Bonchev–Trinajstić information content (AvgIpc) is 2.51. The van der Waals surface area contributed by atoms with Crippen molar-refractivity contribution in [1.29, 1.82) is 0 Å². The van der Waals surface area contributed by atoms with Crippen LogP contribution in [0.25, 0.3) is 0 Å². The van der Waals surface area contributed by atoms with Crippen LogP contribution in [0, 0.1) is 0 Å². The first-order chi connectivity index (χ1) is 5.79. The molecule has 1 rings (SSSR count). The molecule has 0 radical (unpaired) electrons. The Hall–Kier alpha value is -0.830. The Kier molecular flexibility index (Phi) is 3.29. The molecule has 0 aliphatic heterocycles. The molecule has 1 saturated carbocycles. The van der Waals surface area contributed by atoms with Crippen molar-refractivity contribution in [3.8, 4) is 0 Å². The molecule has 4 heteroatoms. The fourth-order valence-corrected chi connectivity index (χ4v) is 1.55. The highest BCUT2D eigenvalue weighted by Crippen LogP contribution is 2.27. The van der Waals surface area contributed by atoms with E-state index in [1.165, 1.54) is 0 Å². The second-order valence-electron chi connectivity index (χ2n) is 2.56. The minimum Gasteiger partial charge on any atom is -0.411 e. The number of nitrogens with zero attached hydrogens (tertiary/aromatic N) is 2. The van der Waals surface area contributed by atoms with Crippen LogP contribution in [0.5, 0.6) is 0 Å². The van der Waals surface area contributed by atoms with E-state index in [-0.39, 0.29) is 0 Å². The second-order valence-corrected chi connectivity index (χ2v) is 2.91. The van der Waals surface area contributed by atoms with Crippen LogP contribution >= 0.6 is 11.6 Å². The van der Waals surface area contributed by atoms with Crippen LogP contribution in [0.2, 0.25) is 0 Å². The molecular weight excluding hydrogens is 176 g/mol. The molecule has 1 aliphatic rings. The number of hydrogen-bond acceptors (Lipinski definition) is 3. The van der Waals surface area contributed by atoms with Gasteiger partial charge in [0.1, 0.15) is 5.16 Å². The van der Waals surface area contributed by atoms with Gasteiger partial charge in [-0.1, -0.05) is 16.8 Å². The summed E-state index contributed by atoms with van der Waals surface area (Å²) in [6.07, 6.45) is 4.27. The Balaban J connectivity index is 2.92. The van der Waals surface area contributed by atoms with E-state index < -0.39 is 0 Å². The lowest BCUT2D eigenvalue weighted by Crippen LogP contribution is -1.94. The molecule has 66 valence electrons. The first kappa shape index (κ1) is 9.26. The van der Waals surface area contributed by atoms with Gasteiger partial charge in [0.15, 0.2) is 0 Å². The van der Waals surface area contributed by atoms with E-state index in [4.69, 9.17) is 16.8 Å². The van der Waals surface area contributed by atoms with Crippen LogP contribution in [0.15, 0.2) is 20.9 Å². The molecule has 0 bridgehead atoms. The Bertz CT molecular complexity index is 256. The van der Waals surface area contributed by atoms with Crippen molar-refractivity contribution in [3.05, 3.63) is 10.7 Å². The normalized spacial score (nSPS) is 25.7. The first-order valence-electron chi connectivity index (χ1n) is 3.88. The summed E-state index contributed by atoms with van der Waals surface area (Å²) < 4.78 is 0. The molecule has 1 fully saturated rings. The average molecular weight is 187 g/mol. The van der Waals surface area contributed by atoms with E-state index in [0.29, 0.717) is 10.9 Å². The molecule has 0 saturated heterocycles. The summed E-state index contributed by atoms with van der Waals surface area (Å²) in [5.74, 6) is 0. The van der Waals surface area contributed by atoms with Gasteiger partial charge in [-0.2, -0.15) is 0 Å². The van der Waals surface area contributed by atoms with Gasteiger partial charge in [0, 0.05) is 11.8 Å². The Morgan fingerprint density at radius 3 is 2.92 bits per heavy atom. The van der Waals surface area contributed by atoms with Crippen LogP contribution in [0.4, 0.5) is 0 Å². The maximum Gasteiger partial charge on any atom is 0.133 e. The van der Waals surface area contributed by atoms with Crippen LogP contribution in [-0.2, 0) is 0 Å². The Morgan fingerprint density at radius 1 is 1.58 bits per heavy atom. The van der Waals surface area contributed by atoms with Gasteiger partial charge in [-0.15, -0.1) is 0 Å². The molecule has 0 aromatic carbocycles. The molecule has 0 atom stereocenters. The summed E-state index contributed by atoms with van der Waals surface area (Å²) in [5, 5.41) is 12.2. The number of rotatable bonds is 1. The molecule has 0 aromatic heterocycles. The summed E-state index contributed by atoms with van der Waals surface area (Å²) in [6, 6.07) is 0. The lowest BCUT2D eigenvalue weighted by atomic mass is 10.2. The minimum atomic E-state index is 0.447. The molecule has 0 unspecified atom stereocenters.